The van der Waals surface area contributed by atoms with Crippen molar-refractivity contribution in [2.75, 3.05) is 0 Å². The molecule has 0 aromatic heterocycles. The molecule has 0 aliphatic rings. The van der Waals surface area contributed by atoms with Crippen molar-refractivity contribution >= 4 is 5.97 Å². The Morgan fingerprint density at radius 2 is 1.92 bits per heavy atom. The largest absolute Gasteiger partial charge is 0.481 e. The molecule has 3 heteroatoms. The van der Waals surface area contributed by atoms with Crippen LogP contribution in [-0.4, -0.2) is 22.3 Å². The molecular weight excluding hydrogens is 168 g/mol. The molecule has 0 spiro atoms. The molecule has 13 heavy (non-hydrogen) atoms. The molecule has 0 aromatic carbocycles. The van der Waals surface area contributed by atoms with Gasteiger partial charge in [0, 0.05) is 0 Å². The number of aliphatic carboxylic acids is 1. The van der Waals surface area contributed by atoms with Gasteiger partial charge in [-0.2, -0.15) is 0 Å². The average Bonchev–Trinajstić information content (AvgIpc) is 1.99. The zero-order valence-corrected chi connectivity index (χ0v) is 8.66. The van der Waals surface area contributed by atoms with E-state index in [1.54, 1.807) is 0 Å². The maximum atomic E-state index is 10.8. The summed E-state index contributed by atoms with van der Waals surface area (Å²) in [6.07, 6.45) is 1.26. The van der Waals surface area contributed by atoms with Crippen molar-refractivity contribution in [3.63, 3.8) is 0 Å². The molecule has 0 aromatic rings. The first kappa shape index (κ1) is 12.4. The van der Waals surface area contributed by atoms with Gasteiger partial charge in [-0.25, -0.2) is 0 Å². The first-order valence-corrected chi connectivity index (χ1v) is 4.89. The van der Waals surface area contributed by atoms with E-state index in [0.717, 1.165) is 6.42 Å². The van der Waals surface area contributed by atoms with E-state index in [0.29, 0.717) is 18.8 Å². The lowest BCUT2D eigenvalue weighted by Crippen LogP contribution is -2.29. The molecule has 0 rings (SSSR count). The third-order valence-electron chi connectivity index (χ3n) is 2.09. The Bertz CT molecular complexity index is 154. The molecule has 2 atom stereocenters. The SMILES string of the molecule is CCCC(O)C(CC(C)C)C(=O)O. The van der Waals surface area contributed by atoms with Gasteiger partial charge < -0.3 is 10.2 Å². The molecule has 0 bridgehead atoms. The number of hydrogen-bond acceptors (Lipinski definition) is 2. The third-order valence-corrected chi connectivity index (χ3v) is 2.09. The Kier molecular flexibility index (Phi) is 5.71. The minimum Gasteiger partial charge on any atom is -0.481 e. The second kappa shape index (κ2) is 5.97. The summed E-state index contributed by atoms with van der Waals surface area (Å²) in [5, 5.41) is 18.4. The molecule has 0 saturated heterocycles. The van der Waals surface area contributed by atoms with Gasteiger partial charge in [0.1, 0.15) is 0 Å². The second-order valence-electron chi connectivity index (χ2n) is 3.93. The van der Waals surface area contributed by atoms with E-state index >= 15 is 0 Å². The topological polar surface area (TPSA) is 57.5 Å². The van der Waals surface area contributed by atoms with Gasteiger partial charge in [-0.15, -0.1) is 0 Å². The first-order chi connectivity index (χ1) is 5.99. The van der Waals surface area contributed by atoms with Crippen molar-refractivity contribution in [1.82, 2.24) is 0 Å². The fraction of sp³-hybridized carbons (Fsp3) is 0.900. The summed E-state index contributed by atoms with van der Waals surface area (Å²) in [4.78, 5) is 10.8. The summed E-state index contributed by atoms with van der Waals surface area (Å²) < 4.78 is 0. The summed E-state index contributed by atoms with van der Waals surface area (Å²) in [7, 11) is 0. The molecule has 0 heterocycles. The van der Waals surface area contributed by atoms with Crippen molar-refractivity contribution in [2.24, 2.45) is 11.8 Å². The van der Waals surface area contributed by atoms with Crippen LogP contribution in [0.3, 0.4) is 0 Å². The first-order valence-electron chi connectivity index (χ1n) is 4.89. The maximum absolute atomic E-state index is 10.8. The zero-order valence-electron chi connectivity index (χ0n) is 8.66. The van der Waals surface area contributed by atoms with Gasteiger partial charge in [0.2, 0.25) is 0 Å². The zero-order chi connectivity index (χ0) is 10.4. The van der Waals surface area contributed by atoms with Gasteiger partial charge in [-0.1, -0.05) is 27.2 Å². The number of hydrogen-bond donors (Lipinski definition) is 2. The molecule has 0 amide bonds. The monoisotopic (exact) mass is 188 g/mol. The summed E-state index contributed by atoms with van der Waals surface area (Å²) in [6, 6.07) is 0. The van der Waals surface area contributed by atoms with Gasteiger partial charge in [-0.05, 0) is 18.8 Å². The van der Waals surface area contributed by atoms with E-state index in [9.17, 15) is 9.90 Å². The molecule has 0 radical (unpaired) electrons. The van der Waals surface area contributed by atoms with E-state index in [1.807, 2.05) is 20.8 Å². The quantitative estimate of drug-likeness (QED) is 0.669. The number of carboxylic acids is 1. The highest BCUT2D eigenvalue weighted by Gasteiger charge is 2.26. The van der Waals surface area contributed by atoms with Crippen LogP contribution in [0.25, 0.3) is 0 Å². The van der Waals surface area contributed by atoms with Crippen LogP contribution in [0.4, 0.5) is 0 Å². The molecule has 2 unspecified atom stereocenters. The van der Waals surface area contributed by atoms with E-state index in [-0.39, 0.29) is 0 Å². The van der Waals surface area contributed by atoms with Crippen molar-refractivity contribution in [1.29, 1.82) is 0 Å². The summed E-state index contributed by atoms with van der Waals surface area (Å²) in [5.41, 5.74) is 0. The lowest BCUT2D eigenvalue weighted by molar-refractivity contribution is -0.146. The predicted molar refractivity (Wildman–Crippen MR) is 51.5 cm³/mol. The smallest absolute Gasteiger partial charge is 0.309 e. The Hall–Kier alpha value is -0.570. The van der Waals surface area contributed by atoms with Gasteiger partial charge >= 0.3 is 5.97 Å². The molecule has 0 fully saturated rings. The standard InChI is InChI=1S/C10H20O3/c1-4-5-9(11)8(10(12)13)6-7(2)3/h7-9,11H,4-6H2,1-3H3,(H,12,13). The summed E-state index contributed by atoms with van der Waals surface area (Å²) >= 11 is 0. The van der Waals surface area contributed by atoms with Crippen molar-refractivity contribution in [3.8, 4) is 0 Å². The number of aliphatic hydroxyl groups is 1. The number of carboxylic acid groups (broad SMARTS) is 1. The van der Waals surface area contributed by atoms with Crippen LogP contribution in [0.15, 0.2) is 0 Å². The minimum absolute atomic E-state index is 0.313. The molecule has 3 nitrogen and oxygen atoms in total. The van der Waals surface area contributed by atoms with Crippen LogP contribution in [0.5, 0.6) is 0 Å². The van der Waals surface area contributed by atoms with Gasteiger partial charge in [0.25, 0.3) is 0 Å². The highest BCUT2D eigenvalue weighted by molar-refractivity contribution is 5.70. The van der Waals surface area contributed by atoms with E-state index in [2.05, 4.69) is 0 Å². The van der Waals surface area contributed by atoms with E-state index in [1.165, 1.54) is 0 Å². The van der Waals surface area contributed by atoms with Crippen molar-refractivity contribution in [3.05, 3.63) is 0 Å². The maximum Gasteiger partial charge on any atom is 0.309 e. The lowest BCUT2D eigenvalue weighted by Gasteiger charge is -2.20. The summed E-state index contributed by atoms with van der Waals surface area (Å²) in [6.45, 7) is 5.88. The highest BCUT2D eigenvalue weighted by atomic mass is 16.4. The van der Waals surface area contributed by atoms with E-state index < -0.39 is 18.0 Å². The number of rotatable bonds is 6. The Labute approximate surface area is 79.8 Å². The third kappa shape index (κ3) is 4.88. The normalized spacial score (nSPS) is 15.8. The molecule has 0 saturated carbocycles. The number of aliphatic hydroxyl groups excluding tert-OH is 1. The van der Waals surface area contributed by atoms with Gasteiger partial charge in [0.05, 0.1) is 12.0 Å². The molecular formula is C10H20O3. The fourth-order valence-electron chi connectivity index (χ4n) is 1.43. The van der Waals surface area contributed by atoms with Crippen LogP contribution in [0.2, 0.25) is 0 Å². The molecule has 0 aliphatic carbocycles. The van der Waals surface area contributed by atoms with Crippen molar-refractivity contribution in [2.45, 2.75) is 46.1 Å². The average molecular weight is 188 g/mol. The van der Waals surface area contributed by atoms with Crippen LogP contribution in [-0.2, 0) is 4.79 Å². The number of carbonyl (C=O) groups is 1. The Morgan fingerprint density at radius 1 is 1.38 bits per heavy atom. The molecule has 0 aliphatic heterocycles. The highest BCUT2D eigenvalue weighted by Crippen LogP contribution is 2.18. The summed E-state index contributed by atoms with van der Waals surface area (Å²) in [5.74, 6) is -1.16. The molecule has 2 N–H and O–H groups in total. The fourth-order valence-corrected chi connectivity index (χ4v) is 1.43. The van der Waals surface area contributed by atoms with Crippen LogP contribution < -0.4 is 0 Å². The predicted octanol–water partition coefficient (Wildman–Crippen LogP) is 1.89. The minimum atomic E-state index is -0.880. The Balaban J connectivity index is 4.15. The second-order valence-corrected chi connectivity index (χ2v) is 3.93. The lowest BCUT2D eigenvalue weighted by atomic mass is 9.90. The van der Waals surface area contributed by atoms with Crippen LogP contribution in [0, 0.1) is 11.8 Å². The molecule has 78 valence electrons. The van der Waals surface area contributed by atoms with E-state index in [4.69, 9.17) is 5.11 Å². The van der Waals surface area contributed by atoms with Gasteiger partial charge in [-0.3, -0.25) is 4.79 Å². The Morgan fingerprint density at radius 3 is 2.23 bits per heavy atom. The van der Waals surface area contributed by atoms with Crippen molar-refractivity contribution < 1.29 is 15.0 Å². The van der Waals surface area contributed by atoms with Crippen LogP contribution in [0.1, 0.15) is 40.0 Å². The van der Waals surface area contributed by atoms with Crippen LogP contribution >= 0.6 is 0 Å². The van der Waals surface area contributed by atoms with Gasteiger partial charge in [0.15, 0.2) is 0 Å².